The molecular formula is C19H26N5O10P. The van der Waals surface area contributed by atoms with Crippen LogP contribution in [0, 0.1) is 6.92 Å². The van der Waals surface area contributed by atoms with Crippen molar-refractivity contribution in [2.24, 2.45) is 0 Å². The second-order valence-corrected chi connectivity index (χ2v) is 9.67. The molecular weight excluding hydrogens is 489 g/mol. The van der Waals surface area contributed by atoms with Crippen LogP contribution in [0.2, 0.25) is 0 Å². The molecule has 4 heterocycles. The molecule has 0 saturated carbocycles. The molecule has 35 heavy (non-hydrogen) atoms. The summed E-state index contributed by atoms with van der Waals surface area (Å²) in [6, 6.07) is 1.46. The first-order valence-corrected chi connectivity index (χ1v) is 12.3. The highest BCUT2D eigenvalue weighted by Gasteiger charge is 2.42. The number of phosphoric ester groups is 1. The smallest absolute Gasteiger partial charge is 0.394 e. The maximum atomic E-state index is 12.6. The fraction of sp³-hybridized carbons (Fsp3) is 0.579. The fourth-order valence-electron chi connectivity index (χ4n) is 3.98. The van der Waals surface area contributed by atoms with Crippen molar-refractivity contribution in [2.75, 3.05) is 18.9 Å². The van der Waals surface area contributed by atoms with Crippen molar-refractivity contribution in [3.63, 3.8) is 0 Å². The van der Waals surface area contributed by atoms with Crippen LogP contribution >= 0.6 is 7.82 Å². The lowest BCUT2D eigenvalue weighted by molar-refractivity contribution is -0.0508. The number of aromatic amines is 1. The Morgan fingerprint density at radius 2 is 2.03 bits per heavy atom. The van der Waals surface area contributed by atoms with Gasteiger partial charge in [0.2, 0.25) is 0 Å². The van der Waals surface area contributed by atoms with E-state index >= 15 is 0 Å². The first-order chi connectivity index (χ1) is 16.6. The molecule has 16 heteroatoms. The molecule has 0 aliphatic carbocycles. The van der Waals surface area contributed by atoms with Crippen molar-refractivity contribution in [1.82, 2.24) is 19.1 Å². The van der Waals surface area contributed by atoms with E-state index in [-0.39, 0.29) is 24.4 Å². The third-order valence-electron chi connectivity index (χ3n) is 5.76. The zero-order valence-electron chi connectivity index (χ0n) is 18.7. The fourth-order valence-corrected chi connectivity index (χ4v) is 4.96. The Labute approximate surface area is 197 Å². The van der Waals surface area contributed by atoms with Gasteiger partial charge in [0.1, 0.15) is 30.5 Å². The average molecular weight is 515 g/mol. The summed E-state index contributed by atoms with van der Waals surface area (Å²) in [5.41, 5.74) is 3.90. The van der Waals surface area contributed by atoms with Gasteiger partial charge in [-0.25, -0.2) is 14.2 Å². The van der Waals surface area contributed by atoms with Crippen LogP contribution in [-0.2, 0) is 23.1 Å². The number of aromatic nitrogens is 4. The zero-order valence-corrected chi connectivity index (χ0v) is 19.6. The Morgan fingerprint density at radius 3 is 2.74 bits per heavy atom. The second-order valence-electron chi connectivity index (χ2n) is 8.27. The van der Waals surface area contributed by atoms with E-state index in [9.17, 15) is 28.9 Å². The number of anilines is 1. The lowest BCUT2D eigenvalue weighted by Crippen LogP contribution is -2.33. The van der Waals surface area contributed by atoms with E-state index in [1.807, 2.05) is 0 Å². The Morgan fingerprint density at radius 1 is 1.26 bits per heavy atom. The van der Waals surface area contributed by atoms with Crippen LogP contribution in [0.5, 0.6) is 0 Å². The molecule has 192 valence electrons. The standard InChI is InChI=1S/C19H26N5O10P/c1-10-7-24(19(28)22-17(10)26)16-6-12(13(8-25)33-16)34-35(29,30)31-9-11-2-3-15(32-11)23-5-4-14(20)21-18(23)27/h4-5,7,11-13,15-16,25H,2-3,6,8-9H2,1H3,(H,29,30)(H2,20,21,27)(H,22,26,28)/t11-,12-,13+,15+,16+/m0/s1. The lowest BCUT2D eigenvalue weighted by Gasteiger charge is -2.21. The van der Waals surface area contributed by atoms with Gasteiger partial charge >= 0.3 is 19.2 Å². The van der Waals surface area contributed by atoms with Crippen molar-refractivity contribution >= 4 is 13.6 Å². The number of nitrogens with one attached hydrogen (secondary N) is 1. The van der Waals surface area contributed by atoms with Gasteiger partial charge in [-0.1, -0.05) is 0 Å². The van der Waals surface area contributed by atoms with E-state index in [1.54, 1.807) is 0 Å². The molecule has 15 nitrogen and oxygen atoms in total. The Balaban J connectivity index is 1.35. The number of ether oxygens (including phenoxy) is 2. The number of rotatable bonds is 8. The maximum absolute atomic E-state index is 12.6. The molecule has 2 fully saturated rings. The number of aliphatic hydroxyl groups excluding tert-OH is 1. The number of phosphoric acid groups is 1. The van der Waals surface area contributed by atoms with Crippen LogP contribution in [-0.4, -0.2) is 60.6 Å². The molecule has 2 aromatic rings. The molecule has 1 unspecified atom stereocenters. The van der Waals surface area contributed by atoms with Gasteiger partial charge in [-0.05, 0) is 25.8 Å². The number of aryl methyl sites for hydroxylation is 1. The van der Waals surface area contributed by atoms with E-state index in [0.717, 1.165) is 4.57 Å². The minimum Gasteiger partial charge on any atom is -0.394 e. The quantitative estimate of drug-likeness (QED) is 0.317. The number of nitrogen functional groups attached to an aromatic ring is 1. The van der Waals surface area contributed by atoms with Gasteiger partial charge in [0, 0.05) is 24.4 Å². The van der Waals surface area contributed by atoms with E-state index in [2.05, 4.69) is 9.97 Å². The minimum atomic E-state index is -4.61. The number of nitrogens with two attached hydrogens (primary N) is 1. The van der Waals surface area contributed by atoms with Gasteiger partial charge in [0.25, 0.3) is 5.56 Å². The number of nitrogens with zero attached hydrogens (tertiary/aromatic N) is 3. The first kappa shape index (κ1) is 25.4. The summed E-state index contributed by atoms with van der Waals surface area (Å²) in [5, 5.41) is 9.62. The molecule has 6 atom stereocenters. The molecule has 2 saturated heterocycles. The lowest BCUT2D eigenvalue weighted by atomic mass is 10.2. The van der Waals surface area contributed by atoms with Gasteiger partial charge in [0.05, 0.1) is 19.3 Å². The summed E-state index contributed by atoms with van der Waals surface area (Å²) < 4.78 is 36.6. The summed E-state index contributed by atoms with van der Waals surface area (Å²) in [6.07, 6.45) is -0.630. The topological polar surface area (TPSA) is 210 Å². The maximum Gasteiger partial charge on any atom is 0.472 e. The van der Waals surface area contributed by atoms with Gasteiger partial charge in [-0.15, -0.1) is 0 Å². The van der Waals surface area contributed by atoms with Gasteiger partial charge < -0.3 is 25.2 Å². The van der Waals surface area contributed by atoms with Crippen LogP contribution in [0.1, 0.15) is 37.3 Å². The molecule has 0 radical (unpaired) electrons. The highest BCUT2D eigenvalue weighted by molar-refractivity contribution is 7.47. The van der Waals surface area contributed by atoms with Gasteiger partial charge in [-0.3, -0.25) is 28.0 Å². The summed E-state index contributed by atoms with van der Waals surface area (Å²) in [5.74, 6) is 0.0855. The molecule has 0 amide bonds. The normalized spacial score (nSPS) is 28.3. The molecule has 5 N–H and O–H groups in total. The first-order valence-electron chi connectivity index (χ1n) is 10.8. The average Bonchev–Trinajstić information content (AvgIpc) is 3.41. The summed E-state index contributed by atoms with van der Waals surface area (Å²) >= 11 is 0. The zero-order chi connectivity index (χ0) is 25.3. The van der Waals surface area contributed by atoms with E-state index in [4.69, 9.17) is 24.3 Å². The number of hydrogen-bond acceptors (Lipinski definition) is 11. The molecule has 2 aromatic heterocycles. The molecule has 0 aromatic carbocycles. The van der Waals surface area contributed by atoms with Crippen LogP contribution < -0.4 is 22.7 Å². The second kappa shape index (κ2) is 10.1. The van der Waals surface area contributed by atoms with Gasteiger partial charge in [-0.2, -0.15) is 4.98 Å². The van der Waals surface area contributed by atoms with Crippen molar-refractivity contribution in [3.05, 3.63) is 55.3 Å². The van der Waals surface area contributed by atoms with Crippen molar-refractivity contribution in [1.29, 1.82) is 0 Å². The van der Waals surface area contributed by atoms with Gasteiger partial charge in [0.15, 0.2) is 0 Å². The monoisotopic (exact) mass is 515 g/mol. The Hall–Kier alpha value is -2.65. The van der Waals surface area contributed by atoms with Crippen LogP contribution in [0.3, 0.4) is 0 Å². The molecule has 0 spiro atoms. The SMILES string of the molecule is Cc1cn([C@H]2C[C@H](OP(=O)(O)OC[C@@H]3CC[C@H](n4ccc(N)nc4=O)O3)[C@@H](CO)O2)c(=O)[nH]c1=O. The summed E-state index contributed by atoms with van der Waals surface area (Å²) in [4.78, 5) is 51.7. The number of aliphatic hydroxyl groups is 1. The molecule has 0 bridgehead atoms. The summed E-state index contributed by atoms with van der Waals surface area (Å²) in [7, 11) is -4.61. The van der Waals surface area contributed by atoms with Crippen molar-refractivity contribution in [2.45, 2.75) is 57.0 Å². The van der Waals surface area contributed by atoms with E-state index in [0.29, 0.717) is 12.8 Å². The Kier molecular flexibility index (Phi) is 7.38. The third kappa shape index (κ3) is 5.78. The Bertz CT molecular complexity index is 1290. The van der Waals surface area contributed by atoms with Crippen LogP contribution in [0.4, 0.5) is 5.82 Å². The van der Waals surface area contributed by atoms with Crippen molar-refractivity contribution in [3.8, 4) is 0 Å². The number of H-pyrrole nitrogens is 1. The number of hydrogen-bond donors (Lipinski definition) is 4. The van der Waals surface area contributed by atoms with Crippen LogP contribution in [0.15, 0.2) is 32.8 Å². The highest BCUT2D eigenvalue weighted by Crippen LogP contribution is 2.48. The third-order valence-corrected chi connectivity index (χ3v) is 6.77. The van der Waals surface area contributed by atoms with Crippen LogP contribution in [0.25, 0.3) is 0 Å². The minimum absolute atomic E-state index is 0.0560. The van der Waals surface area contributed by atoms with E-state index in [1.165, 1.54) is 30.0 Å². The summed E-state index contributed by atoms with van der Waals surface area (Å²) in [6.45, 7) is 0.670. The predicted octanol–water partition coefficient (Wildman–Crippen LogP) is -0.856. The predicted molar refractivity (Wildman–Crippen MR) is 118 cm³/mol. The van der Waals surface area contributed by atoms with Crippen molar-refractivity contribution < 1.29 is 33.1 Å². The molecule has 2 aliphatic heterocycles. The highest BCUT2D eigenvalue weighted by atomic mass is 31.2. The molecule has 2 aliphatic rings. The molecule has 4 rings (SSSR count). The van der Waals surface area contributed by atoms with E-state index < -0.39 is 62.1 Å². The largest absolute Gasteiger partial charge is 0.472 e.